The highest BCUT2D eigenvalue weighted by Crippen LogP contribution is 2.36. The van der Waals surface area contributed by atoms with Crippen LogP contribution in [0.25, 0.3) is 0 Å². The lowest BCUT2D eigenvalue weighted by molar-refractivity contribution is 0.0558. The van der Waals surface area contributed by atoms with E-state index < -0.39 is 28.8 Å². The Morgan fingerprint density at radius 2 is 1.65 bits per heavy atom. The number of ketones is 1. The van der Waals surface area contributed by atoms with E-state index in [1.165, 1.54) is 0 Å². The van der Waals surface area contributed by atoms with Crippen molar-refractivity contribution in [2.45, 2.75) is 37.6 Å². The summed E-state index contributed by atoms with van der Waals surface area (Å²) in [6.07, 6.45) is 3.99. The monoisotopic (exact) mass is 285 g/mol. The van der Waals surface area contributed by atoms with Gasteiger partial charge < -0.3 is 0 Å². The quantitative estimate of drug-likeness (QED) is 0.625. The lowest BCUT2D eigenvalue weighted by Gasteiger charge is -2.41. The van der Waals surface area contributed by atoms with Gasteiger partial charge in [-0.05, 0) is 39.1 Å². The highest BCUT2D eigenvalue weighted by Gasteiger charge is 2.43. The molecule has 0 radical (unpaired) electrons. The summed E-state index contributed by atoms with van der Waals surface area (Å²) in [7, 11) is 3.53. The van der Waals surface area contributed by atoms with Gasteiger partial charge >= 0.3 is 0 Å². The normalized spacial score (nSPS) is 18.3. The molecular formula is C15H18F3NO. The zero-order valence-electron chi connectivity index (χ0n) is 11.7. The van der Waals surface area contributed by atoms with Crippen molar-refractivity contribution in [2.24, 2.45) is 0 Å². The van der Waals surface area contributed by atoms with Crippen molar-refractivity contribution in [3.8, 4) is 0 Å². The SMILES string of the molecule is CN(C)C1(C(=O)c2ccc(F)c(F)c2F)CCCCC1. The Balaban J connectivity index is 2.45. The largest absolute Gasteiger partial charge is 0.297 e. The molecule has 20 heavy (non-hydrogen) atoms. The van der Waals surface area contributed by atoms with Gasteiger partial charge in [-0.15, -0.1) is 0 Å². The van der Waals surface area contributed by atoms with Crippen LogP contribution in [0.4, 0.5) is 13.2 Å². The Labute approximate surface area is 116 Å². The molecule has 0 amide bonds. The molecule has 0 N–H and O–H groups in total. The second-order valence-electron chi connectivity index (χ2n) is 5.54. The van der Waals surface area contributed by atoms with Crippen LogP contribution in [-0.4, -0.2) is 30.3 Å². The van der Waals surface area contributed by atoms with E-state index >= 15 is 0 Å². The van der Waals surface area contributed by atoms with Crippen LogP contribution in [0, 0.1) is 17.5 Å². The Kier molecular flexibility index (Phi) is 4.18. The van der Waals surface area contributed by atoms with Crippen molar-refractivity contribution in [3.63, 3.8) is 0 Å². The first-order chi connectivity index (χ1) is 9.40. The maximum absolute atomic E-state index is 13.8. The number of Topliss-reactive ketones (excluding diaryl/α,β-unsaturated/α-hetero) is 1. The zero-order chi connectivity index (χ0) is 14.9. The maximum Gasteiger partial charge on any atom is 0.195 e. The molecule has 0 aliphatic heterocycles. The van der Waals surface area contributed by atoms with Crippen LogP contribution in [0.1, 0.15) is 42.5 Å². The smallest absolute Gasteiger partial charge is 0.195 e. The highest BCUT2D eigenvalue weighted by molar-refractivity contribution is 6.03. The summed E-state index contributed by atoms with van der Waals surface area (Å²) in [4.78, 5) is 14.4. The van der Waals surface area contributed by atoms with Crippen molar-refractivity contribution in [1.29, 1.82) is 0 Å². The average Bonchev–Trinajstić information content (AvgIpc) is 2.45. The summed E-state index contributed by atoms with van der Waals surface area (Å²) in [6.45, 7) is 0. The van der Waals surface area contributed by atoms with E-state index in [9.17, 15) is 18.0 Å². The van der Waals surface area contributed by atoms with Crippen LogP contribution >= 0.6 is 0 Å². The third kappa shape index (κ3) is 2.35. The van der Waals surface area contributed by atoms with Gasteiger partial charge in [0.25, 0.3) is 0 Å². The Hall–Kier alpha value is -1.36. The molecule has 0 saturated heterocycles. The molecule has 0 heterocycles. The van der Waals surface area contributed by atoms with E-state index in [1.807, 2.05) is 0 Å². The van der Waals surface area contributed by atoms with Crippen LogP contribution in [0.15, 0.2) is 12.1 Å². The standard InChI is InChI=1S/C15H18F3NO/c1-19(2)15(8-4-3-5-9-15)14(20)10-6-7-11(16)13(18)12(10)17/h6-7H,3-5,8-9H2,1-2H3. The van der Waals surface area contributed by atoms with Gasteiger partial charge in [0, 0.05) is 0 Å². The molecule has 0 bridgehead atoms. The molecule has 0 unspecified atom stereocenters. The van der Waals surface area contributed by atoms with Crippen LogP contribution in [-0.2, 0) is 0 Å². The molecule has 1 aromatic rings. The molecule has 5 heteroatoms. The van der Waals surface area contributed by atoms with Crippen LogP contribution < -0.4 is 0 Å². The molecule has 110 valence electrons. The molecule has 0 spiro atoms. The van der Waals surface area contributed by atoms with Gasteiger partial charge in [0.05, 0.1) is 11.1 Å². The van der Waals surface area contributed by atoms with Gasteiger partial charge in [0.1, 0.15) is 0 Å². The van der Waals surface area contributed by atoms with Gasteiger partial charge in [0.15, 0.2) is 23.2 Å². The second kappa shape index (κ2) is 5.56. The number of carbonyl (C=O) groups excluding carboxylic acids is 1. The van der Waals surface area contributed by atoms with Gasteiger partial charge in [-0.2, -0.15) is 0 Å². The molecule has 1 aliphatic rings. The van der Waals surface area contributed by atoms with E-state index in [-0.39, 0.29) is 5.56 Å². The van der Waals surface area contributed by atoms with Crippen LogP contribution in [0.3, 0.4) is 0 Å². The number of carbonyl (C=O) groups is 1. The number of likely N-dealkylation sites (N-methyl/N-ethyl adjacent to an activating group) is 1. The molecule has 2 rings (SSSR count). The molecule has 0 atom stereocenters. The predicted octanol–water partition coefficient (Wildman–Crippen LogP) is 3.55. The minimum absolute atomic E-state index is 0.362. The third-order valence-electron chi connectivity index (χ3n) is 4.24. The Morgan fingerprint density at radius 1 is 1.05 bits per heavy atom. The van der Waals surface area contributed by atoms with Crippen molar-refractivity contribution >= 4 is 5.78 Å². The minimum Gasteiger partial charge on any atom is -0.297 e. The summed E-state index contributed by atoms with van der Waals surface area (Å²) in [5, 5.41) is 0. The molecular weight excluding hydrogens is 267 g/mol. The van der Waals surface area contributed by atoms with Gasteiger partial charge in [0.2, 0.25) is 0 Å². The summed E-state index contributed by atoms with van der Waals surface area (Å²) >= 11 is 0. The fourth-order valence-electron chi connectivity index (χ4n) is 2.97. The van der Waals surface area contributed by atoms with Crippen molar-refractivity contribution < 1.29 is 18.0 Å². The topological polar surface area (TPSA) is 20.3 Å². The fourth-order valence-corrected chi connectivity index (χ4v) is 2.97. The van der Waals surface area contributed by atoms with E-state index in [0.717, 1.165) is 31.4 Å². The Bertz CT molecular complexity index is 522. The molecule has 1 aromatic carbocycles. The third-order valence-corrected chi connectivity index (χ3v) is 4.24. The summed E-state index contributed by atoms with van der Waals surface area (Å²) < 4.78 is 40.2. The molecule has 0 aromatic heterocycles. The lowest BCUT2D eigenvalue weighted by atomic mass is 9.75. The van der Waals surface area contributed by atoms with Crippen molar-refractivity contribution in [3.05, 3.63) is 35.1 Å². The highest BCUT2D eigenvalue weighted by atomic mass is 19.2. The van der Waals surface area contributed by atoms with E-state index in [0.29, 0.717) is 12.8 Å². The number of halogens is 3. The molecule has 2 nitrogen and oxygen atoms in total. The number of hydrogen-bond acceptors (Lipinski definition) is 2. The van der Waals surface area contributed by atoms with Crippen molar-refractivity contribution in [2.75, 3.05) is 14.1 Å². The molecule has 1 saturated carbocycles. The molecule has 1 fully saturated rings. The van der Waals surface area contributed by atoms with Gasteiger partial charge in [-0.25, -0.2) is 13.2 Å². The first-order valence-electron chi connectivity index (χ1n) is 6.76. The number of nitrogens with zero attached hydrogens (tertiary/aromatic N) is 1. The summed E-state index contributed by atoms with van der Waals surface area (Å²) in [5.74, 6) is -4.71. The van der Waals surface area contributed by atoms with Crippen LogP contribution in [0.2, 0.25) is 0 Å². The lowest BCUT2D eigenvalue weighted by Crippen LogP contribution is -2.52. The van der Waals surface area contributed by atoms with Gasteiger partial charge in [-0.1, -0.05) is 19.3 Å². The van der Waals surface area contributed by atoms with Gasteiger partial charge in [-0.3, -0.25) is 9.69 Å². The predicted molar refractivity (Wildman–Crippen MR) is 70.1 cm³/mol. The molecule has 1 aliphatic carbocycles. The zero-order valence-corrected chi connectivity index (χ0v) is 11.7. The average molecular weight is 285 g/mol. The van der Waals surface area contributed by atoms with E-state index in [1.54, 1.807) is 19.0 Å². The maximum atomic E-state index is 13.8. The first kappa shape index (κ1) is 15.0. The summed E-state index contributed by atoms with van der Waals surface area (Å²) in [5.41, 5.74) is -1.18. The van der Waals surface area contributed by atoms with E-state index in [2.05, 4.69) is 0 Å². The number of hydrogen-bond donors (Lipinski definition) is 0. The minimum atomic E-state index is -1.58. The summed E-state index contributed by atoms with van der Waals surface area (Å²) in [6, 6.07) is 1.84. The fraction of sp³-hybridized carbons (Fsp3) is 0.533. The number of rotatable bonds is 3. The van der Waals surface area contributed by atoms with Crippen molar-refractivity contribution in [1.82, 2.24) is 4.90 Å². The number of benzene rings is 1. The Morgan fingerprint density at radius 3 is 2.20 bits per heavy atom. The second-order valence-corrected chi connectivity index (χ2v) is 5.54. The first-order valence-corrected chi connectivity index (χ1v) is 6.76. The van der Waals surface area contributed by atoms with E-state index in [4.69, 9.17) is 0 Å². The van der Waals surface area contributed by atoms with Crippen LogP contribution in [0.5, 0.6) is 0 Å².